The monoisotopic (exact) mass is 394 g/mol. The smallest absolute Gasteiger partial charge is 0.331 e. The number of carbonyl (C=O) groups excluding carboxylic acids is 1. The molecule has 0 bridgehead atoms. The molecule has 0 aliphatic carbocycles. The Labute approximate surface area is 168 Å². The van der Waals surface area contributed by atoms with Gasteiger partial charge < -0.3 is 18.6 Å². The number of nitrogens with zero attached hydrogens (tertiary/aromatic N) is 2. The molecule has 29 heavy (non-hydrogen) atoms. The van der Waals surface area contributed by atoms with E-state index in [1.54, 1.807) is 45.4 Å². The summed E-state index contributed by atoms with van der Waals surface area (Å²) in [6, 6.07) is 13.0. The van der Waals surface area contributed by atoms with Gasteiger partial charge in [0.15, 0.2) is 6.10 Å². The Hall–Kier alpha value is -3.61. The van der Waals surface area contributed by atoms with Crippen molar-refractivity contribution in [1.29, 1.82) is 0 Å². The van der Waals surface area contributed by atoms with Crippen LogP contribution in [-0.4, -0.2) is 30.4 Å². The molecule has 0 N–H and O–H groups in total. The molecule has 0 aliphatic rings. The second-order valence-corrected chi connectivity index (χ2v) is 6.33. The zero-order chi connectivity index (χ0) is 20.8. The van der Waals surface area contributed by atoms with E-state index < -0.39 is 12.1 Å². The lowest BCUT2D eigenvalue weighted by molar-refractivity contribution is -0.143. The number of rotatable bonds is 7. The molecule has 150 valence electrons. The molecule has 0 saturated carbocycles. The number of methoxy groups -OCH3 is 2. The van der Waals surface area contributed by atoms with E-state index in [1.807, 2.05) is 31.2 Å². The van der Waals surface area contributed by atoms with E-state index in [9.17, 15) is 4.79 Å². The van der Waals surface area contributed by atoms with Gasteiger partial charge in [-0.25, -0.2) is 4.79 Å². The van der Waals surface area contributed by atoms with Crippen molar-refractivity contribution in [3.8, 4) is 23.0 Å². The molecule has 7 heteroatoms. The van der Waals surface area contributed by atoms with Crippen molar-refractivity contribution < 1.29 is 23.4 Å². The lowest BCUT2D eigenvalue weighted by Gasteiger charge is -2.08. The summed E-state index contributed by atoms with van der Waals surface area (Å²) in [7, 11) is 3.13. The molecule has 0 saturated heterocycles. The number of aromatic nitrogens is 2. The fraction of sp³-hybridized carbons (Fsp3) is 0.227. The summed E-state index contributed by atoms with van der Waals surface area (Å²) in [5, 5.41) is 8.01. The quantitative estimate of drug-likeness (QED) is 0.434. The van der Waals surface area contributed by atoms with Crippen LogP contribution >= 0.6 is 0 Å². The predicted octanol–water partition coefficient (Wildman–Crippen LogP) is 4.38. The standard InChI is InChI=1S/C22H22N2O5/c1-14-5-7-16(8-6-14)22-24-23-21(29-22)15(2)28-20(25)12-9-17-13-18(26-3)10-11-19(17)27-4/h5-13,15H,1-4H3/b12-9+. The fourth-order valence-electron chi connectivity index (χ4n) is 2.60. The van der Waals surface area contributed by atoms with Crippen molar-refractivity contribution >= 4 is 12.0 Å². The van der Waals surface area contributed by atoms with E-state index in [-0.39, 0.29) is 5.89 Å². The van der Waals surface area contributed by atoms with Crippen molar-refractivity contribution in [2.45, 2.75) is 20.0 Å². The minimum Gasteiger partial charge on any atom is -0.497 e. The van der Waals surface area contributed by atoms with Crippen LogP contribution in [0, 0.1) is 6.92 Å². The molecular formula is C22H22N2O5. The first-order valence-electron chi connectivity index (χ1n) is 9.01. The second-order valence-electron chi connectivity index (χ2n) is 6.33. The van der Waals surface area contributed by atoms with E-state index in [0.717, 1.165) is 11.1 Å². The normalized spacial score (nSPS) is 12.0. The molecule has 1 heterocycles. The van der Waals surface area contributed by atoms with Gasteiger partial charge in [0.1, 0.15) is 11.5 Å². The Kier molecular flexibility index (Phi) is 6.29. The fourth-order valence-corrected chi connectivity index (χ4v) is 2.60. The van der Waals surface area contributed by atoms with Crippen LogP contribution in [0.2, 0.25) is 0 Å². The molecule has 0 fully saturated rings. The molecule has 1 atom stereocenters. The summed E-state index contributed by atoms with van der Waals surface area (Å²) in [5.74, 6) is 1.32. The highest BCUT2D eigenvalue weighted by Gasteiger charge is 2.18. The van der Waals surface area contributed by atoms with E-state index in [0.29, 0.717) is 23.0 Å². The van der Waals surface area contributed by atoms with Crippen LogP contribution in [0.5, 0.6) is 11.5 Å². The SMILES string of the molecule is COc1ccc(OC)c(/C=C/C(=O)OC(C)c2nnc(-c3ccc(C)cc3)o2)c1. The van der Waals surface area contributed by atoms with Crippen molar-refractivity contribution in [1.82, 2.24) is 10.2 Å². The van der Waals surface area contributed by atoms with Crippen molar-refractivity contribution in [3.63, 3.8) is 0 Å². The van der Waals surface area contributed by atoms with Crippen molar-refractivity contribution in [3.05, 3.63) is 65.6 Å². The number of ether oxygens (including phenoxy) is 3. The third-order valence-electron chi connectivity index (χ3n) is 4.22. The second kappa shape index (κ2) is 9.05. The van der Waals surface area contributed by atoms with Gasteiger partial charge in [0, 0.05) is 17.2 Å². The van der Waals surface area contributed by atoms with Crippen LogP contribution in [0.4, 0.5) is 0 Å². The van der Waals surface area contributed by atoms with Gasteiger partial charge in [0.2, 0.25) is 5.89 Å². The average Bonchev–Trinajstić information content (AvgIpc) is 3.23. The molecule has 3 rings (SSSR count). The van der Waals surface area contributed by atoms with E-state index >= 15 is 0 Å². The first kappa shape index (κ1) is 20.1. The lowest BCUT2D eigenvalue weighted by atomic mass is 10.1. The first-order chi connectivity index (χ1) is 14.0. The summed E-state index contributed by atoms with van der Waals surface area (Å²) in [6.07, 6.45) is 2.22. The van der Waals surface area contributed by atoms with Gasteiger partial charge in [-0.1, -0.05) is 17.7 Å². The maximum absolute atomic E-state index is 12.2. The van der Waals surface area contributed by atoms with Gasteiger partial charge in [-0.15, -0.1) is 10.2 Å². The summed E-state index contributed by atoms with van der Waals surface area (Å²) >= 11 is 0. The third kappa shape index (κ3) is 5.01. The molecular weight excluding hydrogens is 372 g/mol. The minimum atomic E-state index is -0.689. The Morgan fingerprint density at radius 3 is 2.52 bits per heavy atom. The van der Waals surface area contributed by atoms with Crippen molar-refractivity contribution in [2.24, 2.45) is 0 Å². The lowest BCUT2D eigenvalue weighted by Crippen LogP contribution is -2.06. The Balaban J connectivity index is 1.67. The van der Waals surface area contributed by atoms with E-state index in [4.69, 9.17) is 18.6 Å². The highest BCUT2D eigenvalue weighted by atomic mass is 16.6. The van der Waals surface area contributed by atoms with Crippen LogP contribution in [0.1, 0.15) is 30.0 Å². The molecule has 0 radical (unpaired) electrons. The topological polar surface area (TPSA) is 83.7 Å². The number of aryl methyl sites for hydroxylation is 1. The number of hydrogen-bond donors (Lipinski definition) is 0. The number of esters is 1. The van der Waals surface area contributed by atoms with Crippen LogP contribution in [0.25, 0.3) is 17.5 Å². The van der Waals surface area contributed by atoms with Gasteiger partial charge in [0.05, 0.1) is 14.2 Å². The summed E-state index contributed by atoms with van der Waals surface area (Å²) < 4.78 is 21.5. The number of benzene rings is 2. The minimum absolute atomic E-state index is 0.223. The van der Waals surface area contributed by atoms with Crippen LogP contribution in [-0.2, 0) is 9.53 Å². The summed E-state index contributed by atoms with van der Waals surface area (Å²) in [5.41, 5.74) is 2.63. The van der Waals surface area contributed by atoms with Gasteiger partial charge >= 0.3 is 5.97 Å². The molecule has 0 amide bonds. The maximum atomic E-state index is 12.2. The van der Waals surface area contributed by atoms with Gasteiger partial charge in [-0.05, 0) is 50.3 Å². The van der Waals surface area contributed by atoms with Crippen LogP contribution in [0.15, 0.2) is 53.0 Å². The first-order valence-corrected chi connectivity index (χ1v) is 9.01. The van der Waals surface area contributed by atoms with E-state index in [1.165, 1.54) is 6.08 Å². The Bertz CT molecular complexity index is 1010. The van der Waals surface area contributed by atoms with Gasteiger partial charge in [-0.2, -0.15) is 0 Å². The zero-order valence-corrected chi connectivity index (χ0v) is 16.7. The third-order valence-corrected chi connectivity index (χ3v) is 4.22. The largest absolute Gasteiger partial charge is 0.497 e. The molecule has 1 aromatic heterocycles. The molecule has 3 aromatic rings. The average molecular weight is 394 g/mol. The van der Waals surface area contributed by atoms with Gasteiger partial charge in [-0.3, -0.25) is 0 Å². The maximum Gasteiger partial charge on any atom is 0.331 e. The molecule has 1 unspecified atom stereocenters. The number of carbonyl (C=O) groups is 1. The summed E-state index contributed by atoms with van der Waals surface area (Å²) in [4.78, 5) is 12.2. The molecule has 0 aliphatic heterocycles. The molecule has 7 nitrogen and oxygen atoms in total. The Morgan fingerprint density at radius 1 is 1.07 bits per heavy atom. The van der Waals surface area contributed by atoms with E-state index in [2.05, 4.69) is 10.2 Å². The zero-order valence-electron chi connectivity index (χ0n) is 16.7. The summed E-state index contributed by atoms with van der Waals surface area (Å²) in [6.45, 7) is 3.67. The Morgan fingerprint density at radius 2 is 1.83 bits per heavy atom. The van der Waals surface area contributed by atoms with Crippen LogP contribution in [0.3, 0.4) is 0 Å². The number of hydrogen-bond acceptors (Lipinski definition) is 7. The van der Waals surface area contributed by atoms with Crippen LogP contribution < -0.4 is 9.47 Å². The predicted molar refractivity (Wildman–Crippen MR) is 108 cm³/mol. The van der Waals surface area contributed by atoms with Crippen molar-refractivity contribution in [2.75, 3.05) is 14.2 Å². The molecule has 0 spiro atoms. The van der Waals surface area contributed by atoms with Gasteiger partial charge in [0.25, 0.3) is 5.89 Å². The molecule has 2 aromatic carbocycles. The highest BCUT2D eigenvalue weighted by Crippen LogP contribution is 2.26. The highest BCUT2D eigenvalue weighted by molar-refractivity contribution is 5.87.